The van der Waals surface area contributed by atoms with Crippen molar-refractivity contribution in [3.05, 3.63) is 52.5 Å². The summed E-state index contributed by atoms with van der Waals surface area (Å²) in [6.45, 7) is 9.36. The van der Waals surface area contributed by atoms with Crippen LogP contribution in [-0.4, -0.2) is 0 Å². The molecule has 108 valence electrons. The van der Waals surface area contributed by atoms with E-state index in [1.54, 1.807) is 0 Å². The molecule has 3 nitrogen and oxygen atoms in total. The van der Waals surface area contributed by atoms with Gasteiger partial charge in [0.1, 0.15) is 23.9 Å². The fourth-order valence-corrected chi connectivity index (χ4v) is 2.40. The Bertz CT molecular complexity index is 585. The van der Waals surface area contributed by atoms with Crippen molar-refractivity contribution in [2.75, 3.05) is 0 Å². The highest BCUT2D eigenvalue weighted by atomic mass is 16.5. The van der Waals surface area contributed by atoms with Gasteiger partial charge in [-0.15, -0.1) is 0 Å². The largest absolute Gasteiger partial charge is 0.486 e. The summed E-state index contributed by atoms with van der Waals surface area (Å²) in [5, 5.41) is 0. The summed E-state index contributed by atoms with van der Waals surface area (Å²) in [7, 11) is 0. The molecule has 0 bridgehead atoms. The molecule has 0 radical (unpaired) electrons. The molecule has 0 saturated heterocycles. The lowest BCUT2D eigenvalue weighted by Gasteiger charge is -2.11. The van der Waals surface area contributed by atoms with Crippen LogP contribution in [0.5, 0.6) is 5.75 Å². The van der Waals surface area contributed by atoms with Crippen molar-refractivity contribution < 1.29 is 9.15 Å². The second-order valence-electron chi connectivity index (χ2n) is 5.46. The van der Waals surface area contributed by atoms with Gasteiger partial charge < -0.3 is 14.9 Å². The van der Waals surface area contributed by atoms with Gasteiger partial charge in [-0.1, -0.05) is 19.9 Å². The molecule has 1 aromatic carbocycles. The van der Waals surface area contributed by atoms with Gasteiger partial charge in [0.25, 0.3) is 0 Å². The molecule has 2 rings (SSSR count). The SMILES string of the molecule is Cc1cc(OCc2cc(CN)c(C)o2)ccc1C(C)C. The number of benzene rings is 1. The van der Waals surface area contributed by atoms with Crippen LogP contribution in [0.4, 0.5) is 0 Å². The number of furan rings is 1. The van der Waals surface area contributed by atoms with Crippen molar-refractivity contribution in [3.8, 4) is 5.75 Å². The molecule has 0 aliphatic carbocycles. The van der Waals surface area contributed by atoms with Gasteiger partial charge in [-0.3, -0.25) is 0 Å². The Morgan fingerprint density at radius 1 is 1.20 bits per heavy atom. The summed E-state index contributed by atoms with van der Waals surface area (Å²) >= 11 is 0. The minimum Gasteiger partial charge on any atom is -0.486 e. The van der Waals surface area contributed by atoms with E-state index in [4.69, 9.17) is 14.9 Å². The first-order chi connectivity index (χ1) is 9.51. The van der Waals surface area contributed by atoms with Crippen LogP contribution >= 0.6 is 0 Å². The van der Waals surface area contributed by atoms with Crippen molar-refractivity contribution >= 4 is 0 Å². The molecule has 0 fully saturated rings. The average molecular weight is 273 g/mol. The average Bonchev–Trinajstić information content (AvgIpc) is 2.76. The fraction of sp³-hybridized carbons (Fsp3) is 0.412. The number of nitrogens with two attached hydrogens (primary N) is 1. The molecular weight excluding hydrogens is 250 g/mol. The summed E-state index contributed by atoms with van der Waals surface area (Å²) < 4.78 is 11.4. The topological polar surface area (TPSA) is 48.4 Å². The van der Waals surface area contributed by atoms with E-state index in [-0.39, 0.29) is 0 Å². The molecule has 0 saturated carbocycles. The molecule has 0 amide bonds. The standard InChI is InChI=1S/C17H23NO2/c1-11(2)17-6-5-15(7-12(17)3)19-10-16-8-14(9-18)13(4)20-16/h5-8,11H,9-10,18H2,1-4H3. The first kappa shape index (κ1) is 14.7. The van der Waals surface area contributed by atoms with E-state index < -0.39 is 0 Å². The van der Waals surface area contributed by atoms with Crippen LogP contribution in [0.25, 0.3) is 0 Å². The molecule has 3 heteroatoms. The smallest absolute Gasteiger partial charge is 0.146 e. The third kappa shape index (κ3) is 3.23. The Morgan fingerprint density at radius 2 is 1.95 bits per heavy atom. The number of rotatable bonds is 5. The highest BCUT2D eigenvalue weighted by Gasteiger charge is 2.08. The van der Waals surface area contributed by atoms with E-state index in [0.717, 1.165) is 22.8 Å². The maximum absolute atomic E-state index is 5.79. The Balaban J connectivity index is 2.05. The summed E-state index contributed by atoms with van der Waals surface area (Å²) in [5.74, 6) is 3.09. The molecule has 1 heterocycles. The summed E-state index contributed by atoms with van der Waals surface area (Å²) in [6, 6.07) is 8.19. The molecule has 2 N–H and O–H groups in total. The fourth-order valence-electron chi connectivity index (χ4n) is 2.40. The molecule has 2 aromatic rings. The quantitative estimate of drug-likeness (QED) is 0.893. The lowest BCUT2D eigenvalue weighted by atomic mass is 9.98. The number of aryl methyl sites for hydroxylation is 2. The van der Waals surface area contributed by atoms with E-state index in [1.807, 2.05) is 19.1 Å². The van der Waals surface area contributed by atoms with Gasteiger partial charge in [-0.2, -0.15) is 0 Å². The van der Waals surface area contributed by atoms with E-state index in [0.29, 0.717) is 19.1 Å². The predicted octanol–water partition coefficient (Wildman–Crippen LogP) is 4.06. The molecule has 0 aliphatic heterocycles. The third-order valence-electron chi connectivity index (χ3n) is 3.54. The summed E-state index contributed by atoms with van der Waals surface area (Å²) in [6.07, 6.45) is 0. The molecule has 0 unspecified atom stereocenters. The maximum Gasteiger partial charge on any atom is 0.146 e. The predicted molar refractivity (Wildman–Crippen MR) is 80.9 cm³/mol. The monoisotopic (exact) mass is 273 g/mol. The van der Waals surface area contributed by atoms with Gasteiger partial charge in [0, 0.05) is 12.1 Å². The first-order valence-electron chi connectivity index (χ1n) is 7.03. The van der Waals surface area contributed by atoms with Crippen LogP contribution in [0.1, 0.15) is 48.0 Å². The molecule has 0 spiro atoms. The summed E-state index contributed by atoms with van der Waals surface area (Å²) in [4.78, 5) is 0. The van der Waals surface area contributed by atoms with Gasteiger partial charge in [-0.25, -0.2) is 0 Å². The van der Waals surface area contributed by atoms with Gasteiger partial charge in [0.2, 0.25) is 0 Å². The maximum atomic E-state index is 5.79. The van der Waals surface area contributed by atoms with Crippen LogP contribution in [0.3, 0.4) is 0 Å². The Labute approximate surface area is 120 Å². The third-order valence-corrected chi connectivity index (χ3v) is 3.54. The van der Waals surface area contributed by atoms with Crippen molar-refractivity contribution in [2.45, 2.75) is 46.8 Å². The number of ether oxygens (including phenoxy) is 1. The second-order valence-corrected chi connectivity index (χ2v) is 5.46. The lowest BCUT2D eigenvalue weighted by molar-refractivity contribution is 0.267. The van der Waals surface area contributed by atoms with Crippen LogP contribution in [-0.2, 0) is 13.2 Å². The van der Waals surface area contributed by atoms with Crippen LogP contribution < -0.4 is 10.5 Å². The van der Waals surface area contributed by atoms with Crippen LogP contribution in [0.15, 0.2) is 28.7 Å². The van der Waals surface area contributed by atoms with Gasteiger partial charge in [-0.05, 0) is 49.1 Å². The zero-order valence-electron chi connectivity index (χ0n) is 12.7. The molecule has 20 heavy (non-hydrogen) atoms. The molecule has 1 aromatic heterocycles. The Morgan fingerprint density at radius 3 is 2.50 bits per heavy atom. The number of hydrogen-bond donors (Lipinski definition) is 1. The van der Waals surface area contributed by atoms with Crippen molar-refractivity contribution in [1.29, 1.82) is 0 Å². The highest BCUT2D eigenvalue weighted by molar-refractivity contribution is 5.36. The van der Waals surface area contributed by atoms with Gasteiger partial charge in [0.05, 0.1) is 0 Å². The van der Waals surface area contributed by atoms with Crippen molar-refractivity contribution in [3.63, 3.8) is 0 Å². The molecule has 0 atom stereocenters. The zero-order valence-corrected chi connectivity index (χ0v) is 12.7. The highest BCUT2D eigenvalue weighted by Crippen LogP contribution is 2.24. The molecule has 0 aliphatic rings. The second kappa shape index (κ2) is 6.14. The van der Waals surface area contributed by atoms with Crippen LogP contribution in [0.2, 0.25) is 0 Å². The summed E-state index contributed by atoms with van der Waals surface area (Å²) in [5.41, 5.74) is 9.29. The zero-order chi connectivity index (χ0) is 14.7. The van der Waals surface area contributed by atoms with Crippen LogP contribution in [0, 0.1) is 13.8 Å². The normalized spacial score (nSPS) is 11.1. The van der Waals surface area contributed by atoms with E-state index in [2.05, 4.69) is 32.9 Å². The Kier molecular flexibility index (Phi) is 4.50. The molecular formula is C17H23NO2. The minimum absolute atomic E-state index is 0.432. The van der Waals surface area contributed by atoms with Gasteiger partial charge >= 0.3 is 0 Å². The van der Waals surface area contributed by atoms with E-state index in [1.165, 1.54) is 11.1 Å². The Hall–Kier alpha value is -1.74. The minimum atomic E-state index is 0.432. The van der Waals surface area contributed by atoms with E-state index in [9.17, 15) is 0 Å². The lowest BCUT2D eigenvalue weighted by Crippen LogP contribution is -1.97. The van der Waals surface area contributed by atoms with Crippen molar-refractivity contribution in [2.24, 2.45) is 5.73 Å². The van der Waals surface area contributed by atoms with E-state index >= 15 is 0 Å². The first-order valence-corrected chi connectivity index (χ1v) is 7.03. The van der Waals surface area contributed by atoms with Gasteiger partial charge in [0.15, 0.2) is 0 Å². The number of hydrogen-bond acceptors (Lipinski definition) is 3. The van der Waals surface area contributed by atoms with Crippen molar-refractivity contribution in [1.82, 2.24) is 0 Å².